The van der Waals surface area contributed by atoms with E-state index in [4.69, 9.17) is 0 Å². The van der Waals surface area contributed by atoms with Gasteiger partial charge < -0.3 is 20.5 Å². The second kappa shape index (κ2) is 9.63. The molecule has 3 N–H and O–H groups in total. The number of amides is 2. The zero-order valence-corrected chi connectivity index (χ0v) is 17.9. The molecule has 0 fully saturated rings. The van der Waals surface area contributed by atoms with Crippen molar-refractivity contribution in [1.29, 1.82) is 0 Å². The van der Waals surface area contributed by atoms with Crippen molar-refractivity contribution in [2.24, 2.45) is 0 Å². The minimum Gasteiger partial charge on any atom is -0.493 e. The van der Waals surface area contributed by atoms with Crippen LogP contribution in [0.2, 0.25) is 0 Å². The Balaban J connectivity index is 1.54. The first-order chi connectivity index (χ1) is 16.7. The van der Waals surface area contributed by atoms with E-state index in [1.165, 1.54) is 35.3 Å². The van der Waals surface area contributed by atoms with Crippen LogP contribution in [0.25, 0.3) is 5.69 Å². The highest BCUT2D eigenvalue weighted by Gasteiger charge is 2.31. The van der Waals surface area contributed by atoms with Crippen LogP contribution in [0.4, 0.5) is 29.3 Å². The number of rotatable bonds is 6. The van der Waals surface area contributed by atoms with Gasteiger partial charge in [-0.15, -0.1) is 13.2 Å². The maximum Gasteiger partial charge on any atom is 0.573 e. The van der Waals surface area contributed by atoms with Crippen molar-refractivity contribution in [3.05, 3.63) is 95.3 Å². The number of halogens is 3. The predicted octanol–water partition coefficient (Wildman–Crippen LogP) is 4.33. The SMILES string of the molecule is O=C(Nc1ccccc1)Nc1cnccc1Cn1cc(O)n(-c2ccc(OC(F)(F)F)cc2)c1=O. The van der Waals surface area contributed by atoms with Crippen molar-refractivity contribution in [3.63, 3.8) is 0 Å². The third-order valence-electron chi connectivity index (χ3n) is 4.80. The van der Waals surface area contributed by atoms with Crippen molar-refractivity contribution >= 4 is 17.4 Å². The zero-order valence-electron chi connectivity index (χ0n) is 17.9. The Morgan fingerprint density at radius 3 is 2.43 bits per heavy atom. The summed E-state index contributed by atoms with van der Waals surface area (Å²) in [6, 6.07) is 14.3. The molecule has 4 aromatic rings. The lowest BCUT2D eigenvalue weighted by molar-refractivity contribution is -0.274. The number of carbonyl (C=O) groups is 1. The molecule has 2 aromatic carbocycles. The van der Waals surface area contributed by atoms with Gasteiger partial charge in [-0.05, 0) is 48.0 Å². The number of pyridine rings is 1. The molecule has 2 amide bonds. The number of alkyl halides is 3. The largest absolute Gasteiger partial charge is 0.573 e. The van der Waals surface area contributed by atoms with Crippen LogP contribution < -0.4 is 21.1 Å². The predicted molar refractivity (Wildman–Crippen MR) is 121 cm³/mol. The number of para-hydroxylation sites is 1. The highest BCUT2D eigenvalue weighted by molar-refractivity contribution is 6.00. The summed E-state index contributed by atoms with van der Waals surface area (Å²) >= 11 is 0. The summed E-state index contributed by atoms with van der Waals surface area (Å²) in [5, 5.41) is 15.7. The number of benzene rings is 2. The molecular formula is C23H18F3N5O4. The van der Waals surface area contributed by atoms with Gasteiger partial charge in [0.1, 0.15) is 5.75 Å². The molecule has 35 heavy (non-hydrogen) atoms. The molecule has 0 saturated carbocycles. The van der Waals surface area contributed by atoms with Gasteiger partial charge in [-0.1, -0.05) is 18.2 Å². The van der Waals surface area contributed by atoms with E-state index in [1.807, 2.05) is 6.07 Å². The van der Waals surface area contributed by atoms with Crippen LogP contribution >= 0.6 is 0 Å². The van der Waals surface area contributed by atoms with E-state index >= 15 is 0 Å². The standard InChI is InChI=1S/C23H18F3N5O4/c24-23(25,26)35-18-8-6-17(7-9-18)31-20(32)14-30(22(31)34)13-15-10-11-27-12-19(15)29-21(33)28-16-4-2-1-3-5-16/h1-12,14,32H,13H2,(H2,28,29,33). The van der Waals surface area contributed by atoms with E-state index in [-0.39, 0.29) is 12.2 Å². The average Bonchev–Trinajstić information content (AvgIpc) is 3.08. The minimum atomic E-state index is -4.85. The topological polar surface area (TPSA) is 110 Å². The highest BCUT2D eigenvalue weighted by Crippen LogP contribution is 2.25. The van der Waals surface area contributed by atoms with Crippen LogP contribution in [0, 0.1) is 0 Å². The average molecular weight is 485 g/mol. The number of nitrogens with one attached hydrogen (secondary N) is 2. The summed E-state index contributed by atoms with van der Waals surface area (Å²) in [6.07, 6.45) is -0.771. The fourth-order valence-electron chi connectivity index (χ4n) is 3.30. The first-order valence-electron chi connectivity index (χ1n) is 10.1. The molecule has 9 nitrogen and oxygen atoms in total. The maximum atomic E-state index is 12.9. The highest BCUT2D eigenvalue weighted by atomic mass is 19.4. The van der Waals surface area contributed by atoms with Crippen LogP contribution in [-0.2, 0) is 6.54 Å². The Bertz CT molecular complexity index is 1380. The Kier molecular flexibility index (Phi) is 6.44. The van der Waals surface area contributed by atoms with Gasteiger partial charge in [0.25, 0.3) is 0 Å². The van der Waals surface area contributed by atoms with Crippen LogP contribution in [0.5, 0.6) is 11.6 Å². The van der Waals surface area contributed by atoms with E-state index in [0.717, 1.165) is 16.7 Å². The van der Waals surface area contributed by atoms with E-state index in [0.29, 0.717) is 16.9 Å². The molecule has 4 rings (SSSR count). The van der Waals surface area contributed by atoms with Crippen molar-refractivity contribution in [2.75, 3.05) is 10.6 Å². The van der Waals surface area contributed by atoms with Crippen LogP contribution in [-0.4, -0.2) is 31.6 Å². The lowest BCUT2D eigenvalue weighted by atomic mass is 10.2. The lowest BCUT2D eigenvalue weighted by Crippen LogP contribution is -2.25. The van der Waals surface area contributed by atoms with Crippen molar-refractivity contribution in [3.8, 4) is 17.3 Å². The first kappa shape index (κ1) is 23.4. The van der Waals surface area contributed by atoms with Gasteiger partial charge in [0, 0.05) is 11.9 Å². The second-order valence-corrected chi connectivity index (χ2v) is 7.25. The van der Waals surface area contributed by atoms with Crippen LogP contribution in [0.3, 0.4) is 0 Å². The summed E-state index contributed by atoms with van der Waals surface area (Å²) in [6.45, 7) is -0.0296. The van der Waals surface area contributed by atoms with E-state index in [1.54, 1.807) is 30.3 Å². The molecule has 0 aliphatic heterocycles. The van der Waals surface area contributed by atoms with Gasteiger partial charge in [0.15, 0.2) is 0 Å². The Labute approximate surface area is 196 Å². The van der Waals surface area contributed by atoms with Gasteiger partial charge in [-0.3, -0.25) is 9.55 Å². The van der Waals surface area contributed by atoms with Gasteiger partial charge in [0.05, 0.1) is 30.3 Å². The van der Waals surface area contributed by atoms with Crippen molar-refractivity contribution < 1.29 is 27.8 Å². The number of anilines is 2. The van der Waals surface area contributed by atoms with Gasteiger partial charge in [0.2, 0.25) is 5.88 Å². The number of nitrogens with zero attached hydrogens (tertiary/aromatic N) is 3. The third-order valence-corrected chi connectivity index (χ3v) is 4.80. The molecule has 0 bridgehead atoms. The van der Waals surface area contributed by atoms with Crippen molar-refractivity contribution in [1.82, 2.24) is 14.1 Å². The fourth-order valence-corrected chi connectivity index (χ4v) is 3.30. The van der Waals surface area contributed by atoms with Gasteiger partial charge in [-0.2, -0.15) is 0 Å². The number of hydrogen-bond acceptors (Lipinski definition) is 5. The zero-order chi connectivity index (χ0) is 25.0. The summed E-state index contributed by atoms with van der Waals surface area (Å²) in [4.78, 5) is 29.3. The number of hydrogen-bond donors (Lipinski definition) is 3. The van der Waals surface area contributed by atoms with Gasteiger partial charge in [-0.25, -0.2) is 14.2 Å². The van der Waals surface area contributed by atoms with Crippen molar-refractivity contribution in [2.45, 2.75) is 12.9 Å². The molecule has 2 aromatic heterocycles. The Hall–Kier alpha value is -4.74. The smallest absolute Gasteiger partial charge is 0.493 e. The first-order valence-corrected chi connectivity index (χ1v) is 10.1. The molecule has 0 unspecified atom stereocenters. The summed E-state index contributed by atoms with van der Waals surface area (Å²) in [7, 11) is 0. The number of aromatic nitrogens is 3. The summed E-state index contributed by atoms with van der Waals surface area (Å²) in [5.41, 5.74) is 0.935. The summed E-state index contributed by atoms with van der Waals surface area (Å²) in [5.74, 6) is -0.889. The normalized spacial score (nSPS) is 11.2. The summed E-state index contributed by atoms with van der Waals surface area (Å²) < 4.78 is 43.0. The quantitative estimate of drug-likeness (QED) is 0.377. The minimum absolute atomic E-state index is 0.0296. The third kappa shape index (κ3) is 5.79. The molecule has 2 heterocycles. The molecule has 0 aliphatic carbocycles. The molecule has 0 saturated heterocycles. The second-order valence-electron chi connectivity index (χ2n) is 7.25. The van der Waals surface area contributed by atoms with E-state index in [2.05, 4.69) is 20.4 Å². The van der Waals surface area contributed by atoms with Gasteiger partial charge >= 0.3 is 18.1 Å². The monoisotopic (exact) mass is 485 g/mol. The van der Waals surface area contributed by atoms with Crippen LogP contribution in [0.1, 0.15) is 5.56 Å². The lowest BCUT2D eigenvalue weighted by Gasteiger charge is -2.12. The number of carbonyl (C=O) groups excluding carboxylic acids is 1. The maximum absolute atomic E-state index is 12.9. The Morgan fingerprint density at radius 2 is 1.74 bits per heavy atom. The molecule has 0 aliphatic rings. The van der Waals surface area contributed by atoms with E-state index < -0.39 is 29.7 Å². The Morgan fingerprint density at radius 1 is 1.03 bits per heavy atom. The molecule has 180 valence electrons. The van der Waals surface area contributed by atoms with E-state index in [9.17, 15) is 27.9 Å². The van der Waals surface area contributed by atoms with Crippen LogP contribution in [0.15, 0.2) is 84.0 Å². The molecule has 0 spiro atoms. The number of urea groups is 1. The number of imidazole rings is 1. The number of aromatic hydroxyl groups is 1. The fraction of sp³-hybridized carbons (Fsp3) is 0.0870. The number of ether oxygens (including phenoxy) is 1. The molecule has 0 radical (unpaired) electrons. The molecule has 0 atom stereocenters. The molecule has 12 heteroatoms. The molecular weight excluding hydrogens is 467 g/mol.